The fraction of sp³-hybridized carbons (Fsp3) is 0.500. The van der Waals surface area contributed by atoms with Crippen molar-refractivity contribution in [2.75, 3.05) is 14.2 Å². The lowest BCUT2D eigenvalue weighted by Gasteiger charge is -2.07. The molecule has 0 N–H and O–H groups in total. The molecule has 0 fully saturated rings. The van der Waals surface area contributed by atoms with E-state index in [4.69, 9.17) is 9.47 Å². The maximum atomic E-state index is 5.20. The van der Waals surface area contributed by atoms with E-state index in [1.807, 2.05) is 6.07 Å². The van der Waals surface area contributed by atoms with Gasteiger partial charge in [-0.2, -0.15) is 0 Å². The predicted molar refractivity (Wildman–Crippen MR) is 58.2 cm³/mol. The molecule has 14 heavy (non-hydrogen) atoms. The van der Waals surface area contributed by atoms with Crippen LogP contribution in [0.4, 0.5) is 0 Å². The van der Waals surface area contributed by atoms with Crippen LogP contribution in [0.3, 0.4) is 0 Å². The number of rotatable bonds is 5. The first kappa shape index (κ1) is 10.9. The summed E-state index contributed by atoms with van der Waals surface area (Å²) >= 11 is 0. The fourth-order valence-electron chi connectivity index (χ4n) is 1.39. The van der Waals surface area contributed by atoms with Gasteiger partial charge in [-0.25, -0.2) is 0 Å². The van der Waals surface area contributed by atoms with Crippen molar-refractivity contribution >= 4 is 0 Å². The monoisotopic (exact) mass is 194 g/mol. The lowest BCUT2D eigenvalue weighted by atomic mass is 10.1. The van der Waals surface area contributed by atoms with Crippen molar-refractivity contribution in [3.8, 4) is 11.5 Å². The van der Waals surface area contributed by atoms with Crippen molar-refractivity contribution in [1.82, 2.24) is 0 Å². The molecular weight excluding hydrogens is 176 g/mol. The zero-order chi connectivity index (χ0) is 10.4. The Balaban J connectivity index is 2.81. The molecule has 0 radical (unpaired) electrons. The molecule has 1 rings (SSSR count). The first-order valence-electron chi connectivity index (χ1n) is 5.02. The number of hydrogen-bond acceptors (Lipinski definition) is 2. The second kappa shape index (κ2) is 5.53. The van der Waals surface area contributed by atoms with Gasteiger partial charge in [-0.05, 0) is 30.5 Å². The zero-order valence-electron chi connectivity index (χ0n) is 9.17. The van der Waals surface area contributed by atoms with Crippen LogP contribution in [0.5, 0.6) is 11.5 Å². The summed E-state index contributed by atoms with van der Waals surface area (Å²) in [7, 11) is 3.36. The summed E-state index contributed by atoms with van der Waals surface area (Å²) in [6.45, 7) is 2.19. The number of unbranched alkanes of at least 4 members (excludes halogenated alkanes) is 1. The molecule has 2 heteroatoms. The molecule has 0 aliphatic carbocycles. The Labute approximate surface area is 85.8 Å². The Kier molecular flexibility index (Phi) is 4.30. The van der Waals surface area contributed by atoms with E-state index in [-0.39, 0.29) is 0 Å². The molecule has 1 aromatic rings. The van der Waals surface area contributed by atoms with Crippen LogP contribution in [-0.2, 0) is 6.42 Å². The molecule has 0 aliphatic rings. The average Bonchev–Trinajstić information content (AvgIpc) is 2.25. The van der Waals surface area contributed by atoms with E-state index in [1.54, 1.807) is 14.2 Å². The highest BCUT2D eigenvalue weighted by atomic mass is 16.5. The molecule has 0 spiro atoms. The van der Waals surface area contributed by atoms with Crippen LogP contribution in [0.2, 0.25) is 0 Å². The maximum Gasteiger partial charge on any atom is 0.122 e. The van der Waals surface area contributed by atoms with Crippen LogP contribution in [0.25, 0.3) is 0 Å². The average molecular weight is 194 g/mol. The number of methoxy groups -OCH3 is 2. The third kappa shape index (κ3) is 2.95. The Hall–Kier alpha value is -1.18. The molecule has 0 saturated carbocycles. The van der Waals surface area contributed by atoms with E-state index in [2.05, 4.69) is 19.1 Å². The van der Waals surface area contributed by atoms with Crippen molar-refractivity contribution in [2.45, 2.75) is 26.2 Å². The zero-order valence-corrected chi connectivity index (χ0v) is 9.17. The van der Waals surface area contributed by atoms with Crippen LogP contribution in [0.15, 0.2) is 18.2 Å². The standard InChI is InChI=1S/C12H18O2/c1-4-5-6-10-7-11(13-2)9-12(8-10)14-3/h7-9H,4-6H2,1-3H3. The van der Waals surface area contributed by atoms with E-state index >= 15 is 0 Å². The van der Waals surface area contributed by atoms with Gasteiger partial charge in [0.25, 0.3) is 0 Å². The van der Waals surface area contributed by atoms with Gasteiger partial charge in [0.1, 0.15) is 11.5 Å². The van der Waals surface area contributed by atoms with E-state index in [0.29, 0.717) is 0 Å². The fourth-order valence-corrected chi connectivity index (χ4v) is 1.39. The Bertz CT molecular complexity index is 259. The maximum absolute atomic E-state index is 5.20. The molecule has 0 aliphatic heterocycles. The first-order valence-corrected chi connectivity index (χ1v) is 5.02. The first-order chi connectivity index (χ1) is 6.80. The molecule has 0 saturated heterocycles. The van der Waals surface area contributed by atoms with Crippen molar-refractivity contribution in [1.29, 1.82) is 0 Å². The molecule has 0 heterocycles. The van der Waals surface area contributed by atoms with Crippen LogP contribution >= 0.6 is 0 Å². The third-order valence-corrected chi connectivity index (χ3v) is 2.23. The second-order valence-corrected chi connectivity index (χ2v) is 3.32. The quantitative estimate of drug-likeness (QED) is 0.717. The molecule has 78 valence electrons. The minimum Gasteiger partial charge on any atom is -0.497 e. The molecular formula is C12H18O2. The molecule has 1 aromatic carbocycles. The van der Waals surface area contributed by atoms with Gasteiger partial charge >= 0.3 is 0 Å². The summed E-state index contributed by atoms with van der Waals surface area (Å²) in [6, 6.07) is 6.03. The van der Waals surface area contributed by atoms with E-state index in [1.165, 1.54) is 18.4 Å². The van der Waals surface area contributed by atoms with E-state index in [9.17, 15) is 0 Å². The SMILES string of the molecule is CCCCc1cc(OC)cc(OC)c1. The summed E-state index contributed by atoms with van der Waals surface area (Å²) in [5, 5.41) is 0. The third-order valence-electron chi connectivity index (χ3n) is 2.23. The van der Waals surface area contributed by atoms with Gasteiger partial charge < -0.3 is 9.47 Å². The highest BCUT2D eigenvalue weighted by Crippen LogP contribution is 2.23. The van der Waals surface area contributed by atoms with Crippen LogP contribution in [0.1, 0.15) is 25.3 Å². The number of benzene rings is 1. The van der Waals surface area contributed by atoms with Crippen molar-refractivity contribution in [2.24, 2.45) is 0 Å². The molecule has 0 atom stereocenters. The van der Waals surface area contributed by atoms with Gasteiger partial charge in [-0.1, -0.05) is 13.3 Å². The molecule has 0 amide bonds. The molecule has 0 aromatic heterocycles. The number of aryl methyl sites for hydroxylation is 1. The van der Waals surface area contributed by atoms with Gasteiger partial charge in [-0.3, -0.25) is 0 Å². The molecule has 2 nitrogen and oxygen atoms in total. The minimum atomic E-state index is 0.871. The normalized spacial score (nSPS) is 9.93. The van der Waals surface area contributed by atoms with Gasteiger partial charge in [0.2, 0.25) is 0 Å². The van der Waals surface area contributed by atoms with E-state index in [0.717, 1.165) is 17.9 Å². The minimum absolute atomic E-state index is 0.871. The van der Waals surface area contributed by atoms with Crippen molar-refractivity contribution in [3.63, 3.8) is 0 Å². The Morgan fingerprint density at radius 1 is 1.00 bits per heavy atom. The molecule has 0 bridgehead atoms. The van der Waals surface area contributed by atoms with Gasteiger partial charge in [0, 0.05) is 6.07 Å². The lowest BCUT2D eigenvalue weighted by molar-refractivity contribution is 0.393. The Morgan fingerprint density at radius 3 is 2.00 bits per heavy atom. The van der Waals surface area contributed by atoms with Crippen molar-refractivity contribution < 1.29 is 9.47 Å². The second-order valence-electron chi connectivity index (χ2n) is 3.32. The van der Waals surface area contributed by atoms with Crippen LogP contribution in [-0.4, -0.2) is 14.2 Å². The van der Waals surface area contributed by atoms with Crippen LogP contribution < -0.4 is 9.47 Å². The number of hydrogen-bond donors (Lipinski definition) is 0. The lowest BCUT2D eigenvalue weighted by Crippen LogP contribution is -1.91. The largest absolute Gasteiger partial charge is 0.497 e. The number of ether oxygens (including phenoxy) is 2. The van der Waals surface area contributed by atoms with Crippen molar-refractivity contribution in [3.05, 3.63) is 23.8 Å². The topological polar surface area (TPSA) is 18.5 Å². The highest BCUT2D eigenvalue weighted by Gasteiger charge is 2.00. The molecule has 0 unspecified atom stereocenters. The van der Waals surface area contributed by atoms with E-state index < -0.39 is 0 Å². The Morgan fingerprint density at radius 2 is 1.57 bits per heavy atom. The summed E-state index contributed by atoms with van der Waals surface area (Å²) in [6.07, 6.45) is 3.50. The summed E-state index contributed by atoms with van der Waals surface area (Å²) < 4.78 is 10.4. The summed E-state index contributed by atoms with van der Waals surface area (Å²) in [5.74, 6) is 1.74. The van der Waals surface area contributed by atoms with Crippen LogP contribution in [0, 0.1) is 0 Å². The highest BCUT2D eigenvalue weighted by molar-refractivity contribution is 5.38. The van der Waals surface area contributed by atoms with Gasteiger partial charge in [-0.15, -0.1) is 0 Å². The van der Waals surface area contributed by atoms with Gasteiger partial charge in [0.05, 0.1) is 14.2 Å². The summed E-state index contributed by atoms with van der Waals surface area (Å²) in [5.41, 5.74) is 1.28. The van der Waals surface area contributed by atoms with Gasteiger partial charge in [0.15, 0.2) is 0 Å². The summed E-state index contributed by atoms with van der Waals surface area (Å²) in [4.78, 5) is 0. The predicted octanol–water partition coefficient (Wildman–Crippen LogP) is 3.05. The smallest absolute Gasteiger partial charge is 0.122 e.